The molecule has 1 rings (SSSR count). The molecule has 1 fully saturated rings. The van der Waals surface area contributed by atoms with Crippen LogP contribution in [0.2, 0.25) is 0 Å². The molecule has 3 N–H and O–H groups in total. The number of hydrogen-bond acceptors (Lipinski definition) is 5. The minimum Gasteiger partial charge on any atom is -0.387 e. The first-order valence-corrected chi connectivity index (χ1v) is 4.98. The van der Waals surface area contributed by atoms with Crippen LogP contribution in [0.3, 0.4) is 0 Å². The molecule has 5 nitrogen and oxygen atoms in total. The van der Waals surface area contributed by atoms with Gasteiger partial charge in [-0.1, -0.05) is 6.92 Å². The molecule has 0 saturated carbocycles. The molecule has 0 spiro atoms. The predicted octanol–water partition coefficient (Wildman–Crippen LogP) is -0.921. The van der Waals surface area contributed by atoms with Gasteiger partial charge in [-0.3, -0.25) is 0 Å². The number of aliphatic hydroxyl groups excluding tert-OH is 2. The third-order valence-corrected chi connectivity index (χ3v) is 2.36. The molecule has 1 aliphatic rings. The summed E-state index contributed by atoms with van der Waals surface area (Å²) in [5.74, 6) is 0. The number of likely N-dealkylation sites (N-methyl/N-ethyl adjacent to an activating group) is 1. The van der Waals surface area contributed by atoms with Crippen molar-refractivity contribution >= 4 is 0 Å². The minimum absolute atomic E-state index is 0.315. The van der Waals surface area contributed by atoms with E-state index in [0.717, 1.165) is 0 Å². The van der Waals surface area contributed by atoms with Crippen LogP contribution in [-0.4, -0.2) is 55.0 Å². The van der Waals surface area contributed by atoms with Crippen LogP contribution in [0.15, 0.2) is 0 Å². The number of nitrogens with one attached hydrogen (secondary N) is 1. The summed E-state index contributed by atoms with van der Waals surface area (Å²) >= 11 is 0. The molecule has 14 heavy (non-hydrogen) atoms. The van der Waals surface area contributed by atoms with Crippen LogP contribution in [0.5, 0.6) is 0 Å². The molecule has 0 radical (unpaired) electrons. The van der Waals surface area contributed by atoms with Crippen molar-refractivity contribution in [1.29, 1.82) is 0 Å². The standard InChI is InChI=1S/C9H19NO4/c1-3-6-7(11)8(12)9(14-6)13-5-4-10-2/h6-12H,3-5H2,1-2H3. The first-order chi connectivity index (χ1) is 6.70. The van der Waals surface area contributed by atoms with E-state index in [9.17, 15) is 10.2 Å². The van der Waals surface area contributed by atoms with Crippen LogP contribution in [0.25, 0.3) is 0 Å². The summed E-state index contributed by atoms with van der Waals surface area (Å²) in [6.45, 7) is 3.05. The SMILES string of the molecule is CCC1OC(OCCNC)C(O)C1O. The fraction of sp³-hybridized carbons (Fsp3) is 1.00. The highest BCUT2D eigenvalue weighted by Gasteiger charge is 2.42. The van der Waals surface area contributed by atoms with Crippen molar-refractivity contribution in [3.05, 3.63) is 0 Å². The van der Waals surface area contributed by atoms with E-state index >= 15 is 0 Å². The van der Waals surface area contributed by atoms with Crippen LogP contribution < -0.4 is 5.32 Å². The smallest absolute Gasteiger partial charge is 0.186 e. The Morgan fingerprint density at radius 3 is 2.57 bits per heavy atom. The maximum Gasteiger partial charge on any atom is 0.186 e. The zero-order valence-electron chi connectivity index (χ0n) is 8.64. The summed E-state index contributed by atoms with van der Waals surface area (Å²) in [6.07, 6.45) is -2.10. The minimum atomic E-state index is -0.934. The number of rotatable bonds is 5. The maximum atomic E-state index is 9.54. The molecule has 0 bridgehead atoms. The lowest BCUT2D eigenvalue weighted by atomic mass is 10.1. The summed E-state index contributed by atoms with van der Waals surface area (Å²) in [5.41, 5.74) is 0. The fourth-order valence-electron chi connectivity index (χ4n) is 1.47. The molecule has 0 amide bonds. The van der Waals surface area contributed by atoms with Gasteiger partial charge in [-0.15, -0.1) is 0 Å². The first-order valence-electron chi connectivity index (χ1n) is 4.98. The van der Waals surface area contributed by atoms with Gasteiger partial charge in [0.15, 0.2) is 6.29 Å². The highest BCUT2D eigenvalue weighted by atomic mass is 16.7. The van der Waals surface area contributed by atoms with E-state index in [4.69, 9.17) is 9.47 Å². The Morgan fingerprint density at radius 1 is 1.36 bits per heavy atom. The largest absolute Gasteiger partial charge is 0.387 e. The molecule has 4 atom stereocenters. The Bertz CT molecular complexity index is 167. The van der Waals surface area contributed by atoms with Gasteiger partial charge in [0.2, 0.25) is 0 Å². The molecule has 4 unspecified atom stereocenters. The van der Waals surface area contributed by atoms with Gasteiger partial charge in [0, 0.05) is 6.54 Å². The monoisotopic (exact) mass is 205 g/mol. The van der Waals surface area contributed by atoms with Crippen molar-refractivity contribution in [1.82, 2.24) is 5.32 Å². The van der Waals surface area contributed by atoms with Crippen LogP contribution in [0, 0.1) is 0 Å². The van der Waals surface area contributed by atoms with Crippen molar-refractivity contribution in [2.24, 2.45) is 0 Å². The van der Waals surface area contributed by atoms with Crippen molar-refractivity contribution in [3.63, 3.8) is 0 Å². The van der Waals surface area contributed by atoms with Gasteiger partial charge in [0.25, 0.3) is 0 Å². The summed E-state index contributed by atoms with van der Waals surface area (Å²) in [7, 11) is 1.82. The zero-order chi connectivity index (χ0) is 10.6. The fourth-order valence-corrected chi connectivity index (χ4v) is 1.47. The average molecular weight is 205 g/mol. The molecule has 1 saturated heterocycles. The van der Waals surface area contributed by atoms with Gasteiger partial charge < -0.3 is 25.0 Å². The van der Waals surface area contributed by atoms with Crippen molar-refractivity contribution in [2.45, 2.75) is 37.9 Å². The number of hydrogen-bond donors (Lipinski definition) is 3. The lowest BCUT2D eigenvalue weighted by Gasteiger charge is -2.15. The van der Waals surface area contributed by atoms with Gasteiger partial charge in [-0.2, -0.15) is 0 Å². The lowest BCUT2D eigenvalue weighted by Crippen LogP contribution is -2.34. The van der Waals surface area contributed by atoms with Gasteiger partial charge >= 0.3 is 0 Å². The van der Waals surface area contributed by atoms with E-state index < -0.39 is 18.5 Å². The summed E-state index contributed by atoms with van der Waals surface area (Å²) in [4.78, 5) is 0. The molecule has 0 aromatic rings. The lowest BCUT2D eigenvalue weighted by molar-refractivity contribution is -0.164. The number of aliphatic hydroxyl groups is 2. The second-order valence-corrected chi connectivity index (χ2v) is 3.41. The Labute approximate surface area is 84.0 Å². The van der Waals surface area contributed by atoms with Crippen LogP contribution in [0.4, 0.5) is 0 Å². The topological polar surface area (TPSA) is 71.0 Å². The normalized spacial score (nSPS) is 37.7. The Kier molecular flexibility index (Phi) is 4.77. The van der Waals surface area contributed by atoms with Gasteiger partial charge in [0.1, 0.15) is 12.2 Å². The van der Waals surface area contributed by atoms with E-state index in [2.05, 4.69) is 5.32 Å². The molecule has 1 heterocycles. The molecular weight excluding hydrogens is 186 g/mol. The molecule has 84 valence electrons. The van der Waals surface area contributed by atoms with Gasteiger partial charge in [-0.25, -0.2) is 0 Å². The van der Waals surface area contributed by atoms with E-state index in [1.807, 2.05) is 14.0 Å². The average Bonchev–Trinajstić information content (AvgIpc) is 2.46. The van der Waals surface area contributed by atoms with Crippen LogP contribution >= 0.6 is 0 Å². The highest BCUT2D eigenvalue weighted by molar-refractivity contribution is 4.85. The van der Waals surface area contributed by atoms with Crippen LogP contribution in [-0.2, 0) is 9.47 Å². The van der Waals surface area contributed by atoms with Gasteiger partial charge in [-0.05, 0) is 13.5 Å². The summed E-state index contributed by atoms with van der Waals surface area (Å²) in [6, 6.07) is 0. The maximum absolute atomic E-state index is 9.54. The molecule has 0 aromatic heterocycles. The Hall–Kier alpha value is -0.200. The summed E-state index contributed by atoms with van der Waals surface area (Å²) in [5, 5.41) is 22.0. The predicted molar refractivity (Wildman–Crippen MR) is 50.8 cm³/mol. The Morgan fingerprint density at radius 2 is 2.07 bits per heavy atom. The van der Waals surface area contributed by atoms with Crippen molar-refractivity contribution in [2.75, 3.05) is 20.2 Å². The third-order valence-electron chi connectivity index (χ3n) is 2.36. The van der Waals surface area contributed by atoms with E-state index in [0.29, 0.717) is 19.6 Å². The molecule has 1 aliphatic heterocycles. The van der Waals surface area contributed by atoms with Crippen LogP contribution in [0.1, 0.15) is 13.3 Å². The van der Waals surface area contributed by atoms with Crippen molar-refractivity contribution < 1.29 is 19.7 Å². The highest BCUT2D eigenvalue weighted by Crippen LogP contribution is 2.23. The summed E-state index contributed by atoms with van der Waals surface area (Å²) < 4.78 is 10.6. The molecule has 0 aliphatic carbocycles. The van der Waals surface area contributed by atoms with Gasteiger partial charge in [0.05, 0.1) is 12.7 Å². The van der Waals surface area contributed by atoms with E-state index in [1.54, 1.807) is 0 Å². The van der Waals surface area contributed by atoms with E-state index in [-0.39, 0.29) is 6.10 Å². The quantitative estimate of drug-likeness (QED) is 0.506. The zero-order valence-corrected chi connectivity index (χ0v) is 8.64. The molecular formula is C9H19NO4. The Balaban J connectivity index is 2.32. The first kappa shape index (κ1) is 11.9. The third kappa shape index (κ3) is 2.65. The second-order valence-electron chi connectivity index (χ2n) is 3.41. The number of ether oxygens (including phenoxy) is 2. The molecule has 5 heteroatoms. The van der Waals surface area contributed by atoms with Crippen molar-refractivity contribution in [3.8, 4) is 0 Å². The second kappa shape index (κ2) is 5.63. The molecule has 0 aromatic carbocycles. The van der Waals surface area contributed by atoms with E-state index in [1.165, 1.54) is 0 Å².